The van der Waals surface area contributed by atoms with Crippen LogP contribution in [-0.4, -0.2) is 98.7 Å². The van der Waals surface area contributed by atoms with Crippen LogP contribution in [0.5, 0.6) is 0 Å². The highest BCUT2D eigenvalue weighted by molar-refractivity contribution is 5.80. The minimum atomic E-state index is -1.61. The molecule has 10 nitrogen and oxygen atoms in total. The summed E-state index contributed by atoms with van der Waals surface area (Å²) in [5, 5.41) is 64.4. The van der Waals surface area contributed by atoms with Crippen LogP contribution in [-0.2, 0) is 14.3 Å². The summed E-state index contributed by atoms with van der Waals surface area (Å²) < 4.78 is 11.1. The first-order valence-corrected chi connectivity index (χ1v) is 21.2. The molecule has 0 bridgehead atoms. The number of ether oxygens (including phenoxy) is 2. The van der Waals surface area contributed by atoms with Gasteiger partial charge >= 0.3 is 0 Å². The molecule has 0 aliphatic carbocycles. The van der Waals surface area contributed by atoms with E-state index in [1.807, 2.05) is 6.08 Å². The van der Waals surface area contributed by atoms with E-state index in [4.69, 9.17) is 9.47 Å². The lowest BCUT2D eigenvalue weighted by atomic mass is 9.99. The second-order valence-corrected chi connectivity index (χ2v) is 14.9. The van der Waals surface area contributed by atoms with E-state index in [-0.39, 0.29) is 6.61 Å². The zero-order chi connectivity index (χ0) is 38.2. The van der Waals surface area contributed by atoms with Crippen LogP contribution >= 0.6 is 0 Å². The maximum Gasteiger partial charge on any atom is 0.249 e. The van der Waals surface area contributed by atoms with Gasteiger partial charge in [-0.15, -0.1) is 0 Å². The highest BCUT2D eigenvalue weighted by Gasteiger charge is 2.44. The average molecular weight is 742 g/mol. The van der Waals surface area contributed by atoms with Crippen molar-refractivity contribution in [3.63, 3.8) is 0 Å². The van der Waals surface area contributed by atoms with Crippen molar-refractivity contribution in [2.24, 2.45) is 0 Å². The molecule has 0 aromatic heterocycles. The maximum absolute atomic E-state index is 12.9. The van der Waals surface area contributed by atoms with Crippen molar-refractivity contribution in [1.29, 1.82) is 0 Å². The van der Waals surface area contributed by atoms with Crippen molar-refractivity contribution in [2.45, 2.75) is 223 Å². The quantitative estimate of drug-likeness (QED) is 0.0274. The molecule has 52 heavy (non-hydrogen) atoms. The molecule has 1 aliphatic rings. The Labute approximate surface area is 316 Å². The Bertz CT molecular complexity index is 886. The fraction of sp³-hybridized carbons (Fsp3) is 0.881. The summed E-state index contributed by atoms with van der Waals surface area (Å²) in [6, 6.07) is -0.979. The molecule has 1 heterocycles. The standard InChI is InChI=1S/C42H79NO9/c1-3-5-7-9-11-13-15-16-17-18-19-20-21-23-24-26-28-30-35(45)34(33-51-42-40(49)39(48)38(47)37(32-44)52-42)43-41(50)36(46)31-29-27-25-22-14-12-10-8-6-4-2/h16-17,28,30,34-40,42,44-49H,3-15,18-27,29,31-33H2,1-2H3,(H,43,50)/b17-16-,30-28+/t34?,35-,36-,37?,38-,39?,40?,42-/m1/s1. The number of aliphatic hydroxyl groups is 6. The van der Waals surface area contributed by atoms with E-state index >= 15 is 0 Å². The molecule has 1 saturated heterocycles. The van der Waals surface area contributed by atoms with Gasteiger partial charge in [-0.05, 0) is 44.9 Å². The van der Waals surface area contributed by atoms with Crippen molar-refractivity contribution < 1.29 is 44.9 Å². The van der Waals surface area contributed by atoms with Crippen molar-refractivity contribution in [3.05, 3.63) is 24.3 Å². The van der Waals surface area contributed by atoms with E-state index in [0.29, 0.717) is 6.42 Å². The summed E-state index contributed by atoms with van der Waals surface area (Å²) in [7, 11) is 0. The summed E-state index contributed by atoms with van der Waals surface area (Å²) in [6.45, 7) is 3.56. The van der Waals surface area contributed by atoms with Gasteiger partial charge in [0.2, 0.25) is 5.91 Å². The number of carbonyl (C=O) groups is 1. The van der Waals surface area contributed by atoms with Crippen LogP contribution in [0.1, 0.15) is 174 Å². The Morgan fingerprint density at radius 1 is 0.654 bits per heavy atom. The van der Waals surface area contributed by atoms with Crippen LogP contribution in [0.4, 0.5) is 0 Å². The van der Waals surface area contributed by atoms with Gasteiger partial charge in [0.25, 0.3) is 0 Å². The minimum absolute atomic E-state index is 0.307. The predicted octanol–water partition coefficient (Wildman–Crippen LogP) is 6.91. The average Bonchev–Trinajstić information content (AvgIpc) is 3.14. The summed E-state index contributed by atoms with van der Waals surface area (Å²) in [5.41, 5.74) is 0. The van der Waals surface area contributed by atoms with Gasteiger partial charge in [0.15, 0.2) is 6.29 Å². The molecule has 1 aliphatic heterocycles. The molecule has 4 unspecified atom stereocenters. The molecule has 1 rings (SSSR count). The number of aliphatic hydroxyl groups excluding tert-OH is 6. The van der Waals surface area contributed by atoms with E-state index in [1.54, 1.807) is 6.08 Å². The molecule has 0 spiro atoms. The highest BCUT2D eigenvalue weighted by Crippen LogP contribution is 2.22. The number of allylic oxidation sites excluding steroid dienone is 3. The number of hydrogen-bond donors (Lipinski definition) is 7. The minimum Gasteiger partial charge on any atom is -0.394 e. The monoisotopic (exact) mass is 742 g/mol. The van der Waals surface area contributed by atoms with Crippen molar-refractivity contribution >= 4 is 5.91 Å². The number of unbranched alkanes of at least 4 members (excludes halogenated alkanes) is 21. The smallest absolute Gasteiger partial charge is 0.249 e. The zero-order valence-corrected chi connectivity index (χ0v) is 32.9. The molecule has 10 heteroatoms. The van der Waals surface area contributed by atoms with Crippen LogP contribution in [0.15, 0.2) is 24.3 Å². The topological polar surface area (TPSA) is 169 Å². The molecule has 1 fully saturated rings. The van der Waals surface area contributed by atoms with Gasteiger partial charge in [-0.3, -0.25) is 4.79 Å². The molecule has 0 aromatic carbocycles. The highest BCUT2D eigenvalue weighted by atomic mass is 16.7. The predicted molar refractivity (Wildman–Crippen MR) is 209 cm³/mol. The van der Waals surface area contributed by atoms with Gasteiger partial charge in [-0.2, -0.15) is 0 Å². The third-order valence-corrected chi connectivity index (χ3v) is 10.1. The fourth-order valence-electron chi connectivity index (χ4n) is 6.57. The molecule has 0 radical (unpaired) electrons. The Morgan fingerprint density at radius 3 is 1.62 bits per heavy atom. The molecule has 306 valence electrons. The molecular weight excluding hydrogens is 662 g/mol. The SMILES string of the molecule is CCCCCCCC/C=C\CCCCCCC/C=C/[C@@H](O)C(CO[C@@H]1OC(CO)[C@@H](O)C(O)C1O)NC(=O)[C@H](O)CCCCCCCCCCCC. The molecule has 7 N–H and O–H groups in total. The molecule has 1 amide bonds. The van der Waals surface area contributed by atoms with E-state index in [0.717, 1.165) is 57.8 Å². The van der Waals surface area contributed by atoms with Crippen LogP contribution in [0, 0.1) is 0 Å². The van der Waals surface area contributed by atoms with Gasteiger partial charge in [0, 0.05) is 0 Å². The molecule has 0 aromatic rings. The van der Waals surface area contributed by atoms with Gasteiger partial charge in [0.05, 0.1) is 25.4 Å². The van der Waals surface area contributed by atoms with Crippen LogP contribution in [0.3, 0.4) is 0 Å². The fourth-order valence-corrected chi connectivity index (χ4v) is 6.57. The number of amides is 1. The van der Waals surface area contributed by atoms with E-state index in [2.05, 4.69) is 31.3 Å². The Kier molecular flexibility index (Phi) is 30.9. The number of carbonyl (C=O) groups excluding carboxylic acids is 1. The summed E-state index contributed by atoms with van der Waals surface area (Å²) in [5.74, 6) is -0.622. The summed E-state index contributed by atoms with van der Waals surface area (Å²) in [4.78, 5) is 12.9. The lowest BCUT2D eigenvalue weighted by Gasteiger charge is -2.40. The van der Waals surface area contributed by atoms with Crippen molar-refractivity contribution in [3.8, 4) is 0 Å². The van der Waals surface area contributed by atoms with E-state index in [9.17, 15) is 35.4 Å². The van der Waals surface area contributed by atoms with Gasteiger partial charge in [-0.25, -0.2) is 0 Å². The number of nitrogens with one attached hydrogen (secondary N) is 1. The van der Waals surface area contributed by atoms with Crippen molar-refractivity contribution in [1.82, 2.24) is 5.32 Å². The van der Waals surface area contributed by atoms with Crippen LogP contribution < -0.4 is 5.32 Å². The Morgan fingerprint density at radius 2 is 1.12 bits per heavy atom. The third-order valence-electron chi connectivity index (χ3n) is 10.1. The van der Waals surface area contributed by atoms with Gasteiger partial charge in [-0.1, -0.05) is 154 Å². The zero-order valence-electron chi connectivity index (χ0n) is 32.9. The van der Waals surface area contributed by atoms with Crippen molar-refractivity contribution in [2.75, 3.05) is 13.2 Å². The second kappa shape index (κ2) is 33.0. The number of hydrogen-bond acceptors (Lipinski definition) is 9. The van der Waals surface area contributed by atoms with E-state index in [1.165, 1.54) is 96.3 Å². The van der Waals surface area contributed by atoms with Crippen LogP contribution in [0.25, 0.3) is 0 Å². The van der Waals surface area contributed by atoms with Crippen LogP contribution in [0.2, 0.25) is 0 Å². The summed E-state index contributed by atoms with van der Waals surface area (Å²) >= 11 is 0. The molecule has 8 atom stereocenters. The van der Waals surface area contributed by atoms with E-state index < -0.39 is 61.5 Å². The third kappa shape index (κ3) is 23.4. The number of rotatable bonds is 34. The lowest BCUT2D eigenvalue weighted by molar-refractivity contribution is -0.302. The van der Waals surface area contributed by atoms with Gasteiger partial charge in [0.1, 0.15) is 30.5 Å². The molecular formula is C42H79NO9. The van der Waals surface area contributed by atoms with Gasteiger partial charge < -0.3 is 45.4 Å². The first kappa shape index (κ1) is 48.6. The Balaban J connectivity index is 2.48. The largest absolute Gasteiger partial charge is 0.394 e. The lowest BCUT2D eigenvalue weighted by Crippen LogP contribution is -2.60. The Hall–Kier alpha value is -1.37. The normalized spacial score (nSPS) is 22.7. The maximum atomic E-state index is 12.9. The second-order valence-electron chi connectivity index (χ2n) is 14.9. The molecule has 0 saturated carbocycles. The summed E-state index contributed by atoms with van der Waals surface area (Å²) in [6.07, 6.45) is 26.9. The first-order chi connectivity index (χ1) is 25.3. The first-order valence-electron chi connectivity index (χ1n) is 21.2.